The second-order valence-electron chi connectivity index (χ2n) is 9.20. The number of amides is 1. The second kappa shape index (κ2) is 8.75. The van der Waals surface area contributed by atoms with Crippen LogP contribution in [0.25, 0.3) is 22.0 Å². The Morgan fingerprint density at radius 2 is 1.82 bits per heavy atom. The maximum atomic E-state index is 12.9. The van der Waals surface area contributed by atoms with Crippen LogP contribution in [-0.2, 0) is 10.9 Å². The summed E-state index contributed by atoms with van der Waals surface area (Å²) in [6.07, 6.45) is -2.63. The number of nitrogens with zero attached hydrogens (tertiary/aromatic N) is 3. The van der Waals surface area contributed by atoms with Crippen molar-refractivity contribution in [2.75, 3.05) is 18.4 Å². The highest BCUT2D eigenvalue weighted by atomic mass is 19.4. The molecular formula is C24H25F3N4O3. The molecule has 1 aliphatic heterocycles. The summed E-state index contributed by atoms with van der Waals surface area (Å²) in [7, 11) is 0. The van der Waals surface area contributed by atoms with Crippen molar-refractivity contribution in [2.24, 2.45) is 0 Å². The van der Waals surface area contributed by atoms with Gasteiger partial charge in [-0.25, -0.2) is 9.78 Å². The minimum atomic E-state index is -4.42. The van der Waals surface area contributed by atoms with Crippen LogP contribution < -0.4 is 5.32 Å². The zero-order valence-corrected chi connectivity index (χ0v) is 18.9. The summed E-state index contributed by atoms with van der Waals surface area (Å²) in [6, 6.07) is 7.86. The average Bonchev–Trinajstić information content (AvgIpc) is 3.13. The first kappa shape index (κ1) is 23.7. The van der Waals surface area contributed by atoms with Crippen molar-refractivity contribution in [3.05, 3.63) is 54.4 Å². The van der Waals surface area contributed by atoms with Crippen LogP contribution in [0.5, 0.6) is 0 Å². The van der Waals surface area contributed by atoms with Crippen molar-refractivity contribution in [3.8, 4) is 11.1 Å². The molecular weight excluding hydrogens is 449 g/mol. The van der Waals surface area contributed by atoms with Crippen LogP contribution in [0.4, 0.5) is 23.8 Å². The lowest BCUT2D eigenvalue weighted by Crippen LogP contribution is -2.36. The smallest absolute Gasteiger partial charge is 0.416 e. The minimum absolute atomic E-state index is 0.117. The van der Waals surface area contributed by atoms with E-state index in [1.54, 1.807) is 39.1 Å². The van der Waals surface area contributed by atoms with Gasteiger partial charge in [0.1, 0.15) is 11.4 Å². The quantitative estimate of drug-likeness (QED) is 0.572. The van der Waals surface area contributed by atoms with Gasteiger partial charge in [-0.3, -0.25) is 4.98 Å². The molecule has 34 heavy (non-hydrogen) atoms. The van der Waals surface area contributed by atoms with E-state index in [0.29, 0.717) is 27.8 Å². The number of likely N-dealkylation sites (tertiary alicyclic amines) is 1. The SMILES string of the molecule is CC(C)(C)OC(=O)N1C[C@H](O)[C@H](Nc2ncc(-c3ccc(C(F)(F)F)cc3)c3ncccc23)C1. The first-order valence-corrected chi connectivity index (χ1v) is 10.8. The third kappa shape index (κ3) is 5.06. The number of alkyl halides is 3. The number of β-amino-alcohol motifs (C(OH)–C–C–N with tert-alkyl or cyclic N) is 1. The van der Waals surface area contributed by atoms with Crippen molar-refractivity contribution in [2.45, 2.75) is 44.7 Å². The number of aliphatic hydroxyl groups excluding tert-OH is 1. The van der Waals surface area contributed by atoms with E-state index in [9.17, 15) is 23.1 Å². The monoisotopic (exact) mass is 474 g/mol. The fourth-order valence-electron chi connectivity index (χ4n) is 3.82. The molecule has 2 N–H and O–H groups in total. The molecule has 1 amide bonds. The second-order valence-corrected chi connectivity index (χ2v) is 9.20. The summed E-state index contributed by atoms with van der Waals surface area (Å²) < 4.78 is 44.2. The van der Waals surface area contributed by atoms with Gasteiger partial charge >= 0.3 is 12.3 Å². The molecule has 4 rings (SSSR count). The number of aliphatic hydroxyl groups is 1. The Hall–Kier alpha value is -3.40. The predicted molar refractivity (Wildman–Crippen MR) is 121 cm³/mol. The molecule has 0 radical (unpaired) electrons. The Bertz CT molecular complexity index is 1190. The van der Waals surface area contributed by atoms with Gasteiger partial charge in [0.25, 0.3) is 0 Å². The third-order valence-corrected chi connectivity index (χ3v) is 5.43. The zero-order valence-electron chi connectivity index (χ0n) is 18.9. The lowest BCUT2D eigenvalue weighted by molar-refractivity contribution is -0.137. The maximum Gasteiger partial charge on any atom is 0.416 e. The Labute approximate surface area is 194 Å². The fourth-order valence-corrected chi connectivity index (χ4v) is 3.82. The van der Waals surface area contributed by atoms with Crippen LogP contribution in [-0.4, -0.2) is 56.9 Å². The van der Waals surface area contributed by atoms with Gasteiger partial charge < -0.3 is 20.1 Å². The molecule has 7 nitrogen and oxygen atoms in total. The topological polar surface area (TPSA) is 87.6 Å². The molecule has 0 bridgehead atoms. The highest BCUT2D eigenvalue weighted by Gasteiger charge is 2.36. The number of ether oxygens (including phenoxy) is 1. The molecule has 0 spiro atoms. The average molecular weight is 474 g/mol. The molecule has 0 saturated carbocycles. The Kier molecular flexibility index (Phi) is 6.11. The van der Waals surface area contributed by atoms with Crippen LogP contribution in [0, 0.1) is 0 Å². The van der Waals surface area contributed by atoms with E-state index < -0.39 is 35.6 Å². The molecule has 2 atom stereocenters. The van der Waals surface area contributed by atoms with E-state index >= 15 is 0 Å². The number of halogens is 3. The molecule has 180 valence electrons. The van der Waals surface area contributed by atoms with Crippen molar-refractivity contribution in [1.82, 2.24) is 14.9 Å². The Balaban J connectivity index is 1.59. The van der Waals surface area contributed by atoms with E-state index in [4.69, 9.17) is 4.74 Å². The summed E-state index contributed by atoms with van der Waals surface area (Å²) in [4.78, 5) is 22.7. The number of hydrogen-bond donors (Lipinski definition) is 2. The number of anilines is 1. The minimum Gasteiger partial charge on any atom is -0.444 e. The van der Waals surface area contributed by atoms with Gasteiger partial charge in [-0.1, -0.05) is 12.1 Å². The Morgan fingerprint density at radius 3 is 2.47 bits per heavy atom. The number of rotatable bonds is 3. The van der Waals surface area contributed by atoms with Crippen LogP contribution in [0.1, 0.15) is 26.3 Å². The van der Waals surface area contributed by atoms with E-state index in [0.717, 1.165) is 12.1 Å². The van der Waals surface area contributed by atoms with E-state index in [1.165, 1.54) is 23.2 Å². The van der Waals surface area contributed by atoms with Crippen molar-refractivity contribution < 1.29 is 27.8 Å². The number of hydrogen-bond acceptors (Lipinski definition) is 6. The van der Waals surface area contributed by atoms with Gasteiger partial charge in [0.05, 0.1) is 29.8 Å². The van der Waals surface area contributed by atoms with Gasteiger partial charge in [-0.05, 0) is 50.6 Å². The zero-order chi connectivity index (χ0) is 24.7. The summed E-state index contributed by atoms with van der Waals surface area (Å²) in [6.45, 7) is 5.66. The van der Waals surface area contributed by atoms with E-state index in [-0.39, 0.29) is 13.1 Å². The number of aromatic nitrogens is 2. The summed E-state index contributed by atoms with van der Waals surface area (Å²) >= 11 is 0. The number of fused-ring (bicyclic) bond motifs is 1. The summed E-state index contributed by atoms with van der Waals surface area (Å²) in [5.74, 6) is 0.453. The number of carbonyl (C=O) groups excluding carboxylic acids is 1. The molecule has 0 aliphatic carbocycles. The maximum absolute atomic E-state index is 12.9. The largest absolute Gasteiger partial charge is 0.444 e. The van der Waals surface area contributed by atoms with Crippen LogP contribution >= 0.6 is 0 Å². The van der Waals surface area contributed by atoms with Gasteiger partial charge in [0.15, 0.2) is 0 Å². The van der Waals surface area contributed by atoms with Crippen molar-refractivity contribution in [3.63, 3.8) is 0 Å². The van der Waals surface area contributed by atoms with Gasteiger partial charge in [-0.2, -0.15) is 13.2 Å². The Morgan fingerprint density at radius 1 is 1.12 bits per heavy atom. The summed E-state index contributed by atoms with van der Waals surface area (Å²) in [5, 5.41) is 14.3. The van der Waals surface area contributed by atoms with Crippen molar-refractivity contribution in [1.29, 1.82) is 0 Å². The lowest BCUT2D eigenvalue weighted by Gasteiger charge is -2.24. The van der Waals surface area contributed by atoms with Gasteiger partial charge in [0.2, 0.25) is 0 Å². The molecule has 3 heterocycles. The van der Waals surface area contributed by atoms with E-state index in [1.807, 2.05) is 0 Å². The molecule has 0 unspecified atom stereocenters. The fraction of sp³-hybridized carbons (Fsp3) is 0.375. The standard InChI is InChI=1S/C24H25F3N4O3/c1-23(2,3)34-22(33)31-12-18(19(32)13-31)30-21-16-5-4-10-28-20(16)17(11-29-21)14-6-8-15(9-7-14)24(25,26)27/h4-11,18-19,32H,12-13H2,1-3H3,(H,29,30)/t18-,19+/m1/s1. The van der Waals surface area contributed by atoms with Gasteiger partial charge in [0, 0.05) is 29.9 Å². The molecule has 1 fully saturated rings. The van der Waals surface area contributed by atoms with Gasteiger partial charge in [-0.15, -0.1) is 0 Å². The van der Waals surface area contributed by atoms with Crippen LogP contribution in [0.3, 0.4) is 0 Å². The van der Waals surface area contributed by atoms with E-state index in [2.05, 4.69) is 15.3 Å². The summed E-state index contributed by atoms with van der Waals surface area (Å²) in [5.41, 5.74) is 0.302. The third-order valence-electron chi connectivity index (χ3n) is 5.43. The first-order chi connectivity index (χ1) is 15.9. The molecule has 1 aliphatic rings. The molecule has 10 heteroatoms. The van der Waals surface area contributed by atoms with Crippen LogP contribution in [0.2, 0.25) is 0 Å². The highest BCUT2D eigenvalue weighted by Crippen LogP contribution is 2.34. The van der Waals surface area contributed by atoms with Crippen LogP contribution in [0.15, 0.2) is 48.8 Å². The first-order valence-electron chi connectivity index (χ1n) is 10.8. The number of nitrogens with one attached hydrogen (secondary N) is 1. The van der Waals surface area contributed by atoms with Crippen molar-refractivity contribution >= 4 is 22.8 Å². The number of carbonyl (C=O) groups is 1. The predicted octanol–water partition coefficient (Wildman–Crippen LogP) is 4.71. The lowest BCUT2D eigenvalue weighted by atomic mass is 10.0. The normalized spacial score (nSPS) is 18.9. The highest BCUT2D eigenvalue weighted by molar-refractivity contribution is 5.99. The number of pyridine rings is 2. The molecule has 1 aromatic carbocycles. The molecule has 3 aromatic rings. The molecule has 1 saturated heterocycles. The number of benzene rings is 1. The molecule has 2 aromatic heterocycles.